The van der Waals surface area contributed by atoms with Gasteiger partial charge in [-0.15, -0.1) is 16.4 Å². The SMILES string of the molecule is Cc1ccc(CNc2nnc(C(C)C)o2)s1. The molecule has 2 aromatic heterocycles. The summed E-state index contributed by atoms with van der Waals surface area (Å²) in [6.45, 7) is 6.88. The van der Waals surface area contributed by atoms with Crippen molar-refractivity contribution in [3.05, 3.63) is 27.8 Å². The number of rotatable bonds is 4. The summed E-state index contributed by atoms with van der Waals surface area (Å²) in [6, 6.07) is 4.71. The van der Waals surface area contributed by atoms with E-state index in [1.54, 1.807) is 11.3 Å². The van der Waals surface area contributed by atoms with Gasteiger partial charge in [-0.25, -0.2) is 0 Å². The first kappa shape index (κ1) is 11.1. The second kappa shape index (κ2) is 4.65. The first-order chi connectivity index (χ1) is 7.65. The molecule has 0 aliphatic rings. The fraction of sp³-hybridized carbons (Fsp3) is 0.455. The molecule has 16 heavy (non-hydrogen) atoms. The van der Waals surface area contributed by atoms with E-state index in [-0.39, 0.29) is 5.92 Å². The molecule has 0 spiro atoms. The van der Waals surface area contributed by atoms with Gasteiger partial charge >= 0.3 is 6.01 Å². The van der Waals surface area contributed by atoms with Gasteiger partial charge in [-0.05, 0) is 19.1 Å². The maximum Gasteiger partial charge on any atom is 0.315 e. The molecule has 86 valence electrons. The highest BCUT2D eigenvalue weighted by molar-refractivity contribution is 7.11. The zero-order chi connectivity index (χ0) is 11.5. The van der Waals surface area contributed by atoms with Gasteiger partial charge in [0.2, 0.25) is 5.89 Å². The van der Waals surface area contributed by atoms with Gasteiger partial charge in [0.25, 0.3) is 0 Å². The molecule has 5 heteroatoms. The maximum atomic E-state index is 5.44. The fourth-order valence-electron chi connectivity index (χ4n) is 1.28. The highest BCUT2D eigenvalue weighted by atomic mass is 32.1. The molecule has 0 aromatic carbocycles. The molecular formula is C11H15N3OS. The van der Waals surface area contributed by atoms with Gasteiger partial charge in [0.05, 0.1) is 6.54 Å². The van der Waals surface area contributed by atoms with Crippen LogP contribution < -0.4 is 5.32 Å². The van der Waals surface area contributed by atoms with E-state index in [9.17, 15) is 0 Å². The van der Waals surface area contributed by atoms with Crippen LogP contribution >= 0.6 is 11.3 Å². The minimum Gasteiger partial charge on any atom is -0.408 e. The lowest BCUT2D eigenvalue weighted by Crippen LogP contribution is -1.97. The molecule has 0 saturated carbocycles. The standard InChI is InChI=1S/C11H15N3OS/c1-7(2)10-13-14-11(15-10)12-6-9-5-4-8(3)16-9/h4-5,7H,6H2,1-3H3,(H,12,14). The number of aryl methyl sites for hydroxylation is 1. The molecular weight excluding hydrogens is 222 g/mol. The van der Waals surface area contributed by atoms with E-state index in [1.165, 1.54) is 9.75 Å². The van der Waals surface area contributed by atoms with E-state index < -0.39 is 0 Å². The average Bonchev–Trinajstić information content (AvgIpc) is 2.83. The molecule has 4 nitrogen and oxygen atoms in total. The first-order valence-corrected chi connectivity index (χ1v) is 6.09. The summed E-state index contributed by atoms with van der Waals surface area (Å²) in [7, 11) is 0. The summed E-state index contributed by atoms with van der Waals surface area (Å²) in [6.07, 6.45) is 0. The maximum absolute atomic E-state index is 5.44. The van der Waals surface area contributed by atoms with Gasteiger partial charge in [0, 0.05) is 15.7 Å². The number of hydrogen-bond acceptors (Lipinski definition) is 5. The van der Waals surface area contributed by atoms with Crippen LogP contribution in [0.15, 0.2) is 16.5 Å². The lowest BCUT2D eigenvalue weighted by Gasteiger charge is -1.98. The topological polar surface area (TPSA) is 51.0 Å². The number of nitrogens with one attached hydrogen (secondary N) is 1. The van der Waals surface area contributed by atoms with Crippen molar-refractivity contribution in [2.24, 2.45) is 0 Å². The highest BCUT2D eigenvalue weighted by Gasteiger charge is 2.09. The van der Waals surface area contributed by atoms with Crippen LogP contribution in [0.4, 0.5) is 6.01 Å². The van der Waals surface area contributed by atoms with E-state index >= 15 is 0 Å². The number of aromatic nitrogens is 2. The normalized spacial score (nSPS) is 11.0. The Morgan fingerprint density at radius 1 is 1.38 bits per heavy atom. The van der Waals surface area contributed by atoms with Crippen molar-refractivity contribution < 1.29 is 4.42 Å². The Bertz CT molecular complexity index is 461. The molecule has 2 aromatic rings. The zero-order valence-electron chi connectivity index (χ0n) is 9.65. The second-order valence-electron chi connectivity index (χ2n) is 3.97. The molecule has 0 aliphatic heterocycles. The number of nitrogens with zero attached hydrogens (tertiary/aromatic N) is 2. The van der Waals surface area contributed by atoms with E-state index in [0.29, 0.717) is 11.9 Å². The van der Waals surface area contributed by atoms with Crippen molar-refractivity contribution in [2.45, 2.75) is 33.2 Å². The molecule has 0 unspecified atom stereocenters. The molecule has 0 atom stereocenters. The van der Waals surface area contributed by atoms with Gasteiger partial charge in [-0.1, -0.05) is 18.9 Å². The molecule has 0 bridgehead atoms. The minimum absolute atomic E-state index is 0.270. The highest BCUT2D eigenvalue weighted by Crippen LogP contribution is 2.18. The van der Waals surface area contributed by atoms with Crippen molar-refractivity contribution in [1.29, 1.82) is 0 Å². The van der Waals surface area contributed by atoms with Crippen LogP contribution in [0.2, 0.25) is 0 Å². The van der Waals surface area contributed by atoms with Crippen molar-refractivity contribution in [1.82, 2.24) is 10.2 Å². The predicted octanol–water partition coefficient (Wildman–Crippen LogP) is 3.18. The van der Waals surface area contributed by atoms with E-state index in [0.717, 1.165) is 6.54 Å². The van der Waals surface area contributed by atoms with Crippen molar-refractivity contribution in [3.63, 3.8) is 0 Å². The Labute approximate surface area is 98.7 Å². The quantitative estimate of drug-likeness (QED) is 0.887. The van der Waals surface area contributed by atoms with Crippen LogP contribution in [0.3, 0.4) is 0 Å². The summed E-state index contributed by atoms with van der Waals surface area (Å²) >= 11 is 1.77. The summed E-state index contributed by atoms with van der Waals surface area (Å²) in [5.41, 5.74) is 0. The molecule has 0 saturated heterocycles. The van der Waals surface area contributed by atoms with Gasteiger partial charge in [-0.3, -0.25) is 0 Å². The Kier molecular flexibility index (Phi) is 3.24. The average molecular weight is 237 g/mol. The molecule has 2 rings (SSSR count). The molecule has 0 fully saturated rings. The first-order valence-electron chi connectivity index (χ1n) is 5.27. The van der Waals surface area contributed by atoms with Crippen LogP contribution in [-0.4, -0.2) is 10.2 Å². The van der Waals surface area contributed by atoms with Gasteiger partial charge in [0.1, 0.15) is 0 Å². The molecule has 1 N–H and O–H groups in total. The summed E-state index contributed by atoms with van der Waals surface area (Å²) in [4.78, 5) is 2.58. The molecule has 0 amide bonds. The van der Waals surface area contributed by atoms with Crippen molar-refractivity contribution >= 4 is 17.4 Å². The van der Waals surface area contributed by atoms with Gasteiger partial charge in [-0.2, -0.15) is 0 Å². The smallest absolute Gasteiger partial charge is 0.315 e. The Morgan fingerprint density at radius 3 is 2.75 bits per heavy atom. The van der Waals surface area contributed by atoms with Crippen LogP contribution in [0.1, 0.15) is 35.4 Å². The van der Waals surface area contributed by atoms with Crippen LogP contribution in [0, 0.1) is 6.92 Å². The molecule has 2 heterocycles. The van der Waals surface area contributed by atoms with Gasteiger partial charge in [0.15, 0.2) is 0 Å². The minimum atomic E-state index is 0.270. The second-order valence-corrected chi connectivity index (χ2v) is 5.34. The predicted molar refractivity (Wildman–Crippen MR) is 64.8 cm³/mol. The Hall–Kier alpha value is -1.36. The van der Waals surface area contributed by atoms with E-state index in [4.69, 9.17) is 4.42 Å². The number of hydrogen-bond donors (Lipinski definition) is 1. The van der Waals surface area contributed by atoms with Crippen molar-refractivity contribution in [3.8, 4) is 0 Å². The number of thiophene rings is 1. The van der Waals surface area contributed by atoms with Gasteiger partial charge < -0.3 is 9.73 Å². The van der Waals surface area contributed by atoms with Crippen molar-refractivity contribution in [2.75, 3.05) is 5.32 Å². The Morgan fingerprint density at radius 2 is 2.19 bits per heavy atom. The molecule has 0 aliphatic carbocycles. The lowest BCUT2D eigenvalue weighted by molar-refractivity contribution is 0.480. The van der Waals surface area contributed by atoms with Crippen LogP contribution in [0.25, 0.3) is 0 Å². The number of anilines is 1. The third-order valence-corrected chi connectivity index (χ3v) is 3.15. The lowest BCUT2D eigenvalue weighted by atomic mass is 10.2. The third-order valence-electron chi connectivity index (χ3n) is 2.14. The Balaban J connectivity index is 1.94. The zero-order valence-corrected chi connectivity index (χ0v) is 10.5. The molecule has 0 radical (unpaired) electrons. The summed E-state index contributed by atoms with van der Waals surface area (Å²) in [5, 5.41) is 11.0. The third kappa shape index (κ3) is 2.61. The van der Waals surface area contributed by atoms with Crippen LogP contribution in [0.5, 0.6) is 0 Å². The summed E-state index contributed by atoms with van der Waals surface area (Å²) < 4.78 is 5.44. The largest absolute Gasteiger partial charge is 0.408 e. The van der Waals surface area contributed by atoms with Crippen LogP contribution in [-0.2, 0) is 6.54 Å². The van der Waals surface area contributed by atoms with E-state index in [1.807, 2.05) is 13.8 Å². The monoisotopic (exact) mass is 237 g/mol. The summed E-state index contributed by atoms with van der Waals surface area (Å²) in [5.74, 6) is 0.942. The fourth-order valence-corrected chi connectivity index (χ4v) is 2.11. The van der Waals surface area contributed by atoms with E-state index in [2.05, 4.69) is 34.6 Å².